The Kier molecular flexibility index (Phi) is 3.92. The van der Waals surface area contributed by atoms with E-state index in [1.165, 1.54) is 17.9 Å². The number of amidine groups is 1. The van der Waals surface area contributed by atoms with Crippen LogP contribution in [-0.2, 0) is 4.74 Å². The first-order chi connectivity index (χ1) is 9.75. The van der Waals surface area contributed by atoms with E-state index in [0.717, 1.165) is 38.5 Å². The molecule has 0 aromatic heterocycles. The number of ether oxygens (including phenoxy) is 1. The maximum Gasteiger partial charge on any atom is 0.108 e. The van der Waals surface area contributed by atoms with Crippen molar-refractivity contribution in [1.82, 2.24) is 4.90 Å². The Hall–Kier alpha value is -1.55. The van der Waals surface area contributed by atoms with E-state index >= 15 is 0 Å². The molecule has 0 N–H and O–H groups in total. The van der Waals surface area contributed by atoms with Crippen molar-refractivity contribution in [2.45, 2.75) is 13.3 Å². The number of anilines is 1. The lowest BCUT2D eigenvalue weighted by Crippen LogP contribution is -2.36. The van der Waals surface area contributed by atoms with Gasteiger partial charge in [-0.1, -0.05) is 19.1 Å². The van der Waals surface area contributed by atoms with Gasteiger partial charge in [-0.15, -0.1) is 0 Å². The Morgan fingerprint density at radius 3 is 2.60 bits per heavy atom. The summed E-state index contributed by atoms with van der Waals surface area (Å²) in [4.78, 5) is 9.61. The largest absolute Gasteiger partial charge is 0.378 e. The number of aliphatic imine (C=N–C) groups is 1. The lowest BCUT2D eigenvalue weighted by molar-refractivity contribution is 0.123. The predicted octanol–water partition coefficient (Wildman–Crippen LogP) is 2.52. The standard InChI is InChI=1S/C16H23N3O/c1-13-7-8-18(2)16(13)17-14-5-3-4-6-15(14)19-9-11-20-12-10-19/h3-6,13H,7-12H2,1-2H3/b17-16+. The summed E-state index contributed by atoms with van der Waals surface area (Å²) in [6.45, 7) is 6.89. The van der Waals surface area contributed by atoms with Crippen LogP contribution in [-0.4, -0.2) is 50.6 Å². The lowest BCUT2D eigenvalue weighted by Gasteiger charge is -2.30. The maximum absolute atomic E-state index is 5.44. The minimum atomic E-state index is 0.553. The molecule has 0 spiro atoms. The molecule has 0 saturated carbocycles. The highest BCUT2D eigenvalue weighted by molar-refractivity contribution is 5.90. The van der Waals surface area contributed by atoms with E-state index in [1.807, 2.05) is 0 Å². The smallest absolute Gasteiger partial charge is 0.108 e. The highest BCUT2D eigenvalue weighted by atomic mass is 16.5. The number of nitrogens with zero attached hydrogens (tertiary/aromatic N) is 3. The van der Waals surface area contributed by atoms with E-state index in [1.54, 1.807) is 0 Å². The fraction of sp³-hybridized carbons (Fsp3) is 0.562. The molecule has 1 atom stereocenters. The molecule has 1 aromatic carbocycles. The highest BCUT2D eigenvalue weighted by Gasteiger charge is 2.23. The number of para-hydroxylation sites is 2. The molecule has 2 heterocycles. The summed E-state index contributed by atoms with van der Waals surface area (Å²) >= 11 is 0. The number of rotatable bonds is 2. The zero-order valence-electron chi connectivity index (χ0n) is 12.4. The van der Waals surface area contributed by atoms with E-state index in [0.29, 0.717) is 5.92 Å². The molecule has 4 heteroatoms. The van der Waals surface area contributed by atoms with Crippen LogP contribution in [0.5, 0.6) is 0 Å². The number of hydrogen-bond acceptors (Lipinski definition) is 3. The van der Waals surface area contributed by atoms with Crippen molar-refractivity contribution in [2.24, 2.45) is 10.9 Å². The van der Waals surface area contributed by atoms with Gasteiger partial charge >= 0.3 is 0 Å². The van der Waals surface area contributed by atoms with Crippen LogP contribution in [0, 0.1) is 5.92 Å². The van der Waals surface area contributed by atoms with Crippen LogP contribution in [0.3, 0.4) is 0 Å². The Balaban J connectivity index is 1.91. The van der Waals surface area contributed by atoms with Crippen molar-refractivity contribution >= 4 is 17.2 Å². The van der Waals surface area contributed by atoms with E-state index in [2.05, 4.69) is 48.0 Å². The lowest BCUT2D eigenvalue weighted by atomic mass is 10.1. The zero-order chi connectivity index (χ0) is 13.9. The SMILES string of the molecule is CC1CCN(C)/C1=N/c1ccccc1N1CCOCC1. The van der Waals surface area contributed by atoms with Crippen molar-refractivity contribution < 1.29 is 4.74 Å². The number of likely N-dealkylation sites (tertiary alicyclic amines) is 1. The van der Waals surface area contributed by atoms with Gasteiger partial charge in [-0.05, 0) is 18.6 Å². The van der Waals surface area contributed by atoms with E-state index in [4.69, 9.17) is 9.73 Å². The van der Waals surface area contributed by atoms with Gasteiger partial charge < -0.3 is 14.5 Å². The molecule has 2 aliphatic heterocycles. The Morgan fingerprint density at radius 1 is 1.15 bits per heavy atom. The third-order valence-electron chi connectivity index (χ3n) is 4.20. The fourth-order valence-corrected chi connectivity index (χ4v) is 2.96. The fourth-order valence-electron chi connectivity index (χ4n) is 2.96. The second-order valence-electron chi connectivity index (χ2n) is 5.67. The summed E-state index contributed by atoms with van der Waals surface area (Å²) in [6, 6.07) is 8.46. The predicted molar refractivity (Wildman–Crippen MR) is 83.0 cm³/mol. The van der Waals surface area contributed by atoms with E-state index in [-0.39, 0.29) is 0 Å². The van der Waals surface area contributed by atoms with Gasteiger partial charge in [0, 0.05) is 32.6 Å². The summed E-state index contributed by atoms with van der Waals surface area (Å²) in [5.74, 6) is 1.77. The third kappa shape index (κ3) is 2.66. The van der Waals surface area contributed by atoms with E-state index in [9.17, 15) is 0 Å². The molecular weight excluding hydrogens is 250 g/mol. The molecule has 4 nitrogen and oxygen atoms in total. The quantitative estimate of drug-likeness (QED) is 0.829. The van der Waals surface area contributed by atoms with Gasteiger partial charge in [0.1, 0.15) is 5.84 Å². The van der Waals surface area contributed by atoms with Gasteiger partial charge in [-0.25, -0.2) is 4.99 Å². The molecule has 2 aliphatic rings. The second kappa shape index (κ2) is 5.83. The van der Waals surface area contributed by atoms with Crippen LogP contribution in [0.25, 0.3) is 0 Å². The molecular formula is C16H23N3O. The summed E-state index contributed by atoms with van der Waals surface area (Å²) in [5.41, 5.74) is 2.32. The molecule has 0 amide bonds. The molecule has 0 aliphatic carbocycles. The topological polar surface area (TPSA) is 28.1 Å². The van der Waals surface area contributed by atoms with Gasteiger partial charge in [0.15, 0.2) is 0 Å². The van der Waals surface area contributed by atoms with Crippen molar-refractivity contribution in [3.05, 3.63) is 24.3 Å². The third-order valence-corrected chi connectivity index (χ3v) is 4.20. The molecule has 0 radical (unpaired) electrons. The summed E-state index contributed by atoms with van der Waals surface area (Å²) in [6.07, 6.45) is 1.20. The molecule has 108 valence electrons. The van der Waals surface area contributed by atoms with E-state index < -0.39 is 0 Å². The summed E-state index contributed by atoms with van der Waals surface area (Å²) in [5, 5.41) is 0. The average Bonchev–Trinajstić information content (AvgIpc) is 2.81. The molecule has 1 aromatic rings. The van der Waals surface area contributed by atoms with Crippen LogP contribution >= 0.6 is 0 Å². The molecule has 20 heavy (non-hydrogen) atoms. The summed E-state index contributed by atoms with van der Waals surface area (Å²) in [7, 11) is 2.14. The van der Waals surface area contributed by atoms with Gasteiger partial charge in [-0.2, -0.15) is 0 Å². The molecule has 2 saturated heterocycles. The maximum atomic E-state index is 5.44. The normalized spacial score (nSPS) is 25.5. The first-order valence-corrected chi connectivity index (χ1v) is 7.47. The monoisotopic (exact) mass is 273 g/mol. The van der Waals surface area contributed by atoms with Crippen LogP contribution < -0.4 is 4.90 Å². The summed E-state index contributed by atoms with van der Waals surface area (Å²) < 4.78 is 5.44. The number of hydrogen-bond donors (Lipinski definition) is 0. The van der Waals surface area contributed by atoms with Crippen LogP contribution in [0.15, 0.2) is 29.3 Å². The van der Waals surface area contributed by atoms with Crippen molar-refractivity contribution in [3.8, 4) is 0 Å². The first kappa shape index (κ1) is 13.4. The van der Waals surface area contributed by atoms with Crippen molar-refractivity contribution in [3.63, 3.8) is 0 Å². The molecule has 2 fully saturated rings. The average molecular weight is 273 g/mol. The minimum Gasteiger partial charge on any atom is -0.378 e. The number of benzene rings is 1. The van der Waals surface area contributed by atoms with Gasteiger partial charge in [0.05, 0.1) is 24.6 Å². The zero-order valence-corrected chi connectivity index (χ0v) is 12.4. The van der Waals surface area contributed by atoms with Crippen molar-refractivity contribution in [1.29, 1.82) is 0 Å². The Labute approximate surface area is 121 Å². The molecule has 1 unspecified atom stereocenters. The highest BCUT2D eigenvalue weighted by Crippen LogP contribution is 2.31. The Morgan fingerprint density at radius 2 is 1.90 bits per heavy atom. The molecule has 0 bridgehead atoms. The van der Waals surface area contributed by atoms with Gasteiger partial charge in [0.2, 0.25) is 0 Å². The van der Waals surface area contributed by atoms with Crippen LogP contribution in [0.2, 0.25) is 0 Å². The first-order valence-electron chi connectivity index (χ1n) is 7.47. The van der Waals surface area contributed by atoms with Gasteiger partial charge in [-0.3, -0.25) is 0 Å². The van der Waals surface area contributed by atoms with Crippen LogP contribution in [0.1, 0.15) is 13.3 Å². The molecule has 3 rings (SSSR count). The Bertz CT molecular complexity index is 482. The van der Waals surface area contributed by atoms with Crippen LogP contribution in [0.4, 0.5) is 11.4 Å². The minimum absolute atomic E-state index is 0.553. The second-order valence-corrected chi connectivity index (χ2v) is 5.67. The van der Waals surface area contributed by atoms with Crippen molar-refractivity contribution in [2.75, 3.05) is 44.8 Å². The van der Waals surface area contributed by atoms with Gasteiger partial charge in [0.25, 0.3) is 0 Å². The number of morpholine rings is 1.